The topological polar surface area (TPSA) is 79.6 Å². The minimum atomic E-state index is -0.357. The fourth-order valence-corrected chi connectivity index (χ4v) is 2.22. The summed E-state index contributed by atoms with van der Waals surface area (Å²) in [6.07, 6.45) is 0.151. The summed E-state index contributed by atoms with van der Waals surface area (Å²) in [5.41, 5.74) is 2.60. The number of rotatable bonds is 7. The summed E-state index contributed by atoms with van der Waals surface area (Å²) in [5.74, 6) is 0.00569. The molecule has 0 fully saturated rings. The zero-order chi connectivity index (χ0) is 18.9. The molecule has 26 heavy (non-hydrogen) atoms. The van der Waals surface area contributed by atoms with E-state index in [2.05, 4.69) is 10.8 Å². The molecule has 0 saturated heterocycles. The van der Waals surface area contributed by atoms with Crippen molar-refractivity contribution in [2.45, 2.75) is 6.42 Å². The number of hydrogen-bond acceptors (Lipinski definition) is 5. The fraction of sp³-hybridized carbons (Fsp3) is 0.250. The maximum absolute atomic E-state index is 12.0. The van der Waals surface area contributed by atoms with Crippen LogP contribution in [0.15, 0.2) is 48.5 Å². The van der Waals surface area contributed by atoms with E-state index in [4.69, 9.17) is 10.00 Å². The molecule has 0 atom stereocenters. The number of benzene rings is 2. The van der Waals surface area contributed by atoms with E-state index in [1.807, 2.05) is 24.3 Å². The highest BCUT2D eigenvalue weighted by molar-refractivity contribution is 5.78. The Morgan fingerprint density at radius 3 is 2.15 bits per heavy atom. The summed E-state index contributed by atoms with van der Waals surface area (Å²) in [6.45, 7) is 0.181. The Hall–Kier alpha value is -3.33. The quantitative estimate of drug-likeness (QED) is 0.716. The minimum Gasteiger partial charge on any atom is -0.484 e. The summed E-state index contributed by atoms with van der Waals surface area (Å²) >= 11 is 0. The van der Waals surface area contributed by atoms with E-state index in [1.54, 1.807) is 31.3 Å². The average Bonchev–Trinajstić information content (AvgIpc) is 2.70. The molecule has 0 unspecified atom stereocenters. The molecule has 0 spiro atoms. The van der Waals surface area contributed by atoms with Gasteiger partial charge in [-0.15, -0.1) is 0 Å². The van der Waals surface area contributed by atoms with Gasteiger partial charge in [0.1, 0.15) is 5.75 Å². The third-order valence-corrected chi connectivity index (χ3v) is 3.87. The Morgan fingerprint density at radius 2 is 1.62 bits per heavy atom. The van der Waals surface area contributed by atoms with Crippen LogP contribution < -0.4 is 4.74 Å². The summed E-state index contributed by atoms with van der Waals surface area (Å²) in [6, 6.07) is 16.7. The van der Waals surface area contributed by atoms with Crippen molar-refractivity contribution in [2.24, 2.45) is 0 Å². The number of ether oxygens (including phenoxy) is 2. The van der Waals surface area contributed by atoms with E-state index >= 15 is 0 Å². The highest BCUT2D eigenvalue weighted by Crippen LogP contribution is 2.22. The van der Waals surface area contributed by atoms with Crippen LogP contribution in [0, 0.1) is 11.3 Å². The van der Waals surface area contributed by atoms with E-state index in [-0.39, 0.29) is 31.4 Å². The van der Waals surface area contributed by atoms with Crippen LogP contribution in [0.2, 0.25) is 0 Å². The molecule has 0 aliphatic rings. The van der Waals surface area contributed by atoms with E-state index in [0.717, 1.165) is 11.1 Å². The highest BCUT2D eigenvalue weighted by atomic mass is 16.5. The van der Waals surface area contributed by atoms with Crippen LogP contribution in [0.1, 0.15) is 12.0 Å². The maximum atomic E-state index is 12.0. The van der Waals surface area contributed by atoms with Gasteiger partial charge in [-0.2, -0.15) is 5.26 Å². The van der Waals surface area contributed by atoms with Crippen LogP contribution in [0.25, 0.3) is 11.1 Å². The van der Waals surface area contributed by atoms with Gasteiger partial charge < -0.3 is 14.4 Å². The van der Waals surface area contributed by atoms with Crippen molar-refractivity contribution >= 4 is 11.9 Å². The van der Waals surface area contributed by atoms with Crippen molar-refractivity contribution < 1.29 is 19.1 Å². The van der Waals surface area contributed by atoms with Gasteiger partial charge in [0, 0.05) is 13.6 Å². The van der Waals surface area contributed by atoms with Gasteiger partial charge in [0.15, 0.2) is 6.61 Å². The first-order chi connectivity index (χ1) is 12.5. The molecule has 0 aliphatic carbocycles. The van der Waals surface area contributed by atoms with E-state index < -0.39 is 0 Å². The largest absolute Gasteiger partial charge is 0.484 e. The average molecular weight is 352 g/mol. The number of nitriles is 1. The molecule has 0 radical (unpaired) electrons. The molecule has 1 amide bonds. The molecule has 0 saturated carbocycles. The van der Waals surface area contributed by atoms with Gasteiger partial charge in [-0.05, 0) is 35.4 Å². The van der Waals surface area contributed by atoms with Crippen LogP contribution in [0.4, 0.5) is 0 Å². The zero-order valence-electron chi connectivity index (χ0n) is 14.8. The summed E-state index contributed by atoms with van der Waals surface area (Å²) < 4.78 is 10.0. The normalized spacial score (nSPS) is 9.88. The fourth-order valence-electron chi connectivity index (χ4n) is 2.22. The smallest absolute Gasteiger partial charge is 0.307 e. The number of nitrogens with zero attached hydrogens (tertiary/aromatic N) is 2. The monoisotopic (exact) mass is 352 g/mol. The van der Waals surface area contributed by atoms with Gasteiger partial charge in [0.2, 0.25) is 0 Å². The predicted octanol–water partition coefficient (Wildman–Crippen LogP) is 2.63. The lowest BCUT2D eigenvalue weighted by Gasteiger charge is -2.16. The van der Waals surface area contributed by atoms with E-state index in [0.29, 0.717) is 11.3 Å². The predicted molar refractivity (Wildman–Crippen MR) is 96.4 cm³/mol. The van der Waals surface area contributed by atoms with Crippen molar-refractivity contribution in [3.63, 3.8) is 0 Å². The van der Waals surface area contributed by atoms with Gasteiger partial charge in [-0.3, -0.25) is 9.59 Å². The molecule has 6 heteroatoms. The zero-order valence-corrected chi connectivity index (χ0v) is 14.8. The van der Waals surface area contributed by atoms with Crippen LogP contribution in [0.3, 0.4) is 0 Å². The molecule has 0 aromatic heterocycles. The van der Waals surface area contributed by atoms with Crippen molar-refractivity contribution in [3.8, 4) is 22.9 Å². The Balaban J connectivity index is 1.87. The molecule has 134 valence electrons. The Labute approximate surface area is 152 Å². The second-order valence-corrected chi connectivity index (χ2v) is 5.64. The third-order valence-electron chi connectivity index (χ3n) is 3.87. The molecule has 0 heterocycles. The molecule has 6 nitrogen and oxygen atoms in total. The third kappa shape index (κ3) is 5.35. The van der Waals surface area contributed by atoms with Gasteiger partial charge in [0.05, 0.1) is 25.2 Å². The van der Waals surface area contributed by atoms with E-state index in [9.17, 15) is 9.59 Å². The molecule has 0 bridgehead atoms. The number of methoxy groups -OCH3 is 1. The number of hydrogen-bond donors (Lipinski definition) is 0. The standard InChI is InChI=1S/C20H20N2O4/c1-22(12-11-20(24)25-2)19(23)14-26-18-9-7-17(8-10-18)16-5-3-15(13-21)4-6-16/h3-10H,11-12,14H2,1-2H3. The van der Waals surface area contributed by atoms with Crippen molar-refractivity contribution in [2.75, 3.05) is 27.3 Å². The molecule has 0 N–H and O–H groups in total. The molecule has 2 rings (SSSR count). The van der Waals surface area contributed by atoms with Crippen molar-refractivity contribution in [1.29, 1.82) is 5.26 Å². The van der Waals surface area contributed by atoms with Gasteiger partial charge in [-0.1, -0.05) is 24.3 Å². The van der Waals surface area contributed by atoms with Gasteiger partial charge >= 0.3 is 5.97 Å². The van der Waals surface area contributed by atoms with Crippen LogP contribution in [-0.2, 0) is 14.3 Å². The SMILES string of the molecule is COC(=O)CCN(C)C(=O)COc1ccc(-c2ccc(C#N)cc2)cc1. The molecule has 2 aromatic rings. The van der Waals surface area contributed by atoms with Gasteiger partial charge in [0.25, 0.3) is 5.91 Å². The van der Waals surface area contributed by atoms with Gasteiger partial charge in [-0.25, -0.2) is 0 Å². The summed E-state index contributed by atoms with van der Waals surface area (Å²) in [4.78, 5) is 24.5. The van der Waals surface area contributed by atoms with Crippen molar-refractivity contribution in [1.82, 2.24) is 4.90 Å². The first-order valence-electron chi connectivity index (χ1n) is 8.07. The van der Waals surface area contributed by atoms with E-state index in [1.165, 1.54) is 12.0 Å². The first kappa shape index (κ1) is 19.0. The second kappa shape index (κ2) is 9.23. The summed E-state index contributed by atoms with van der Waals surface area (Å²) in [7, 11) is 2.93. The number of carbonyl (C=O) groups excluding carboxylic acids is 2. The summed E-state index contributed by atoms with van der Waals surface area (Å²) in [5, 5.41) is 8.83. The second-order valence-electron chi connectivity index (χ2n) is 5.64. The molecular formula is C20H20N2O4. The molecule has 0 aliphatic heterocycles. The lowest BCUT2D eigenvalue weighted by atomic mass is 10.0. The van der Waals surface area contributed by atoms with Crippen LogP contribution in [0.5, 0.6) is 5.75 Å². The number of amides is 1. The first-order valence-corrected chi connectivity index (χ1v) is 8.07. The Bertz CT molecular complexity index is 792. The number of esters is 1. The van der Waals surface area contributed by atoms with Crippen molar-refractivity contribution in [3.05, 3.63) is 54.1 Å². The lowest BCUT2D eigenvalue weighted by molar-refractivity contribution is -0.141. The Kier molecular flexibility index (Phi) is 6.75. The lowest BCUT2D eigenvalue weighted by Crippen LogP contribution is -2.33. The maximum Gasteiger partial charge on any atom is 0.307 e. The Morgan fingerprint density at radius 1 is 1.04 bits per heavy atom. The minimum absolute atomic E-state index is 0.103. The number of likely N-dealkylation sites (N-methyl/N-ethyl adjacent to an activating group) is 1. The number of carbonyl (C=O) groups is 2. The van der Waals surface area contributed by atoms with Crippen LogP contribution >= 0.6 is 0 Å². The molecule has 2 aromatic carbocycles. The highest BCUT2D eigenvalue weighted by Gasteiger charge is 2.11. The molecular weight excluding hydrogens is 332 g/mol. The van der Waals surface area contributed by atoms with Crippen LogP contribution in [-0.4, -0.2) is 44.1 Å².